The third-order valence-electron chi connectivity index (χ3n) is 2.79. The maximum atomic E-state index is 12.5. The molecule has 0 aromatic heterocycles. The van der Waals surface area contributed by atoms with Crippen molar-refractivity contribution in [3.8, 4) is 0 Å². The number of hydrogen-bond donors (Lipinski definition) is 0. The molecule has 1 unspecified atom stereocenters. The van der Waals surface area contributed by atoms with Gasteiger partial charge in [-0.05, 0) is 18.9 Å². The molecule has 1 atom stereocenters. The van der Waals surface area contributed by atoms with E-state index in [9.17, 15) is 13.6 Å². The molecule has 1 amide bonds. The summed E-state index contributed by atoms with van der Waals surface area (Å²) in [6.45, 7) is 3.89. The van der Waals surface area contributed by atoms with Crippen molar-refractivity contribution in [2.75, 3.05) is 0 Å². The van der Waals surface area contributed by atoms with E-state index in [2.05, 4.69) is 0 Å². The summed E-state index contributed by atoms with van der Waals surface area (Å²) >= 11 is 0. The highest BCUT2D eigenvalue weighted by Gasteiger charge is 2.26. The average Bonchev–Trinajstić information content (AvgIpc) is 2.35. The molecule has 0 fully saturated rings. The van der Waals surface area contributed by atoms with Crippen LogP contribution in [-0.4, -0.2) is 23.3 Å². The predicted octanol–water partition coefficient (Wildman–Crippen LogP) is 3.08. The standard InChI is InChI=1S/C13H17F2NO/c1-3-10(2)16(13(17)12(14)15)9-11-7-5-4-6-8-11/h4-8,10,12H,3,9H2,1-2H3. The van der Waals surface area contributed by atoms with E-state index < -0.39 is 12.3 Å². The fraction of sp³-hybridized carbons (Fsp3) is 0.462. The lowest BCUT2D eigenvalue weighted by molar-refractivity contribution is -0.145. The average molecular weight is 241 g/mol. The lowest BCUT2D eigenvalue weighted by Crippen LogP contribution is -2.41. The molecule has 0 aliphatic rings. The Morgan fingerprint density at radius 3 is 2.35 bits per heavy atom. The number of hydrogen-bond acceptors (Lipinski definition) is 1. The van der Waals surface area contributed by atoms with E-state index in [4.69, 9.17) is 0 Å². The van der Waals surface area contributed by atoms with Crippen LogP contribution in [0, 0.1) is 0 Å². The van der Waals surface area contributed by atoms with Crippen molar-refractivity contribution < 1.29 is 13.6 Å². The van der Waals surface area contributed by atoms with Crippen LogP contribution >= 0.6 is 0 Å². The van der Waals surface area contributed by atoms with Gasteiger partial charge in [-0.3, -0.25) is 4.79 Å². The third kappa shape index (κ3) is 3.80. The Bertz CT molecular complexity index is 354. The maximum absolute atomic E-state index is 12.5. The highest BCUT2D eigenvalue weighted by molar-refractivity contribution is 5.79. The van der Waals surface area contributed by atoms with Gasteiger partial charge in [0, 0.05) is 12.6 Å². The van der Waals surface area contributed by atoms with Gasteiger partial charge in [0.2, 0.25) is 0 Å². The molecule has 0 radical (unpaired) electrons. The van der Waals surface area contributed by atoms with Gasteiger partial charge in [-0.1, -0.05) is 37.3 Å². The molecule has 0 saturated carbocycles. The normalized spacial score (nSPS) is 12.5. The quantitative estimate of drug-likeness (QED) is 0.775. The molecule has 1 aromatic carbocycles. The molecule has 0 bridgehead atoms. The summed E-state index contributed by atoms with van der Waals surface area (Å²) in [7, 11) is 0. The first-order chi connectivity index (χ1) is 8.06. The molecule has 0 saturated heterocycles. The number of alkyl halides is 2. The number of carbonyl (C=O) groups is 1. The summed E-state index contributed by atoms with van der Waals surface area (Å²) in [5.74, 6) is -1.09. The van der Waals surface area contributed by atoms with Crippen LogP contribution in [-0.2, 0) is 11.3 Å². The Labute approximate surface area is 100 Å². The highest BCUT2D eigenvalue weighted by atomic mass is 19.3. The fourth-order valence-corrected chi connectivity index (χ4v) is 1.58. The molecule has 0 heterocycles. The van der Waals surface area contributed by atoms with Crippen LogP contribution in [0.25, 0.3) is 0 Å². The molecular formula is C13H17F2NO. The maximum Gasteiger partial charge on any atom is 0.315 e. The SMILES string of the molecule is CCC(C)N(Cc1ccccc1)C(=O)C(F)F. The first-order valence-electron chi connectivity index (χ1n) is 5.68. The summed E-state index contributed by atoms with van der Waals surface area (Å²) < 4.78 is 25.0. The Morgan fingerprint density at radius 2 is 1.88 bits per heavy atom. The first-order valence-corrected chi connectivity index (χ1v) is 5.68. The predicted molar refractivity (Wildman–Crippen MR) is 62.7 cm³/mol. The van der Waals surface area contributed by atoms with Gasteiger partial charge in [0.1, 0.15) is 0 Å². The summed E-state index contributed by atoms with van der Waals surface area (Å²) in [6, 6.07) is 8.99. The molecule has 1 aromatic rings. The zero-order valence-corrected chi connectivity index (χ0v) is 10.1. The molecule has 1 rings (SSSR count). The Hall–Kier alpha value is -1.45. The second-order valence-electron chi connectivity index (χ2n) is 4.01. The first kappa shape index (κ1) is 13.6. The van der Waals surface area contributed by atoms with Gasteiger partial charge >= 0.3 is 6.43 Å². The Balaban J connectivity index is 2.81. The molecule has 0 N–H and O–H groups in total. The molecule has 0 aliphatic carbocycles. The number of benzene rings is 1. The van der Waals surface area contributed by atoms with Crippen molar-refractivity contribution in [1.82, 2.24) is 4.90 Å². The topological polar surface area (TPSA) is 20.3 Å². The molecule has 2 nitrogen and oxygen atoms in total. The van der Waals surface area contributed by atoms with E-state index >= 15 is 0 Å². The van der Waals surface area contributed by atoms with E-state index in [-0.39, 0.29) is 12.6 Å². The van der Waals surface area contributed by atoms with Crippen molar-refractivity contribution in [2.24, 2.45) is 0 Å². The second kappa shape index (κ2) is 6.33. The molecule has 4 heteroatoms. The highest BCUT2D eigenvalue weighted by Crippen LogP contribution is 2.13. The minimum absolute atomic E-state index is 0.184. The smallest absolute Gasteiger partial charge is 0.315 e. The largest absolute Gasteiger partial charge is 0.331 e. The van der Waals surface area contributed by atoms with Crippen molar-refractivity contribution in [3.05, 3.63) is 35.9 Å². The van der Waals surface area contributed by atoms with Crippen LogP contribution < -0.4 is 0 Å². The Kier molecular flexibility index (Phi) is 5.07. The fourth-order valence-electron chi connectivity index (χ4n) is 1.58. The number of amides is 1. The number of nitrogens with zero attached hydrogens (tertiary/aromatic N) is 1. The number of carbonyl (C=O) groups excluding carboxylic acids is 1. The van der Waals surface area contributed by atoms with Gasteiger partial charge in [-0.15, -0.1) is 0 Å². The molecule has 0 aliphatic heterocycles. The van der Waals surface area contributed by atoms with Crippen LogP contribution in [0.5, 0.6) is 0 Å². The summed E-state index contributed by atoms with van der Waals surface area (Å²) in [5, 5.41) is 0. The number of halogens is 2. The van der Waals surface area contributed by atoms with Gasteiger partial charge in [-0.25, -0.2) is 0 Å². The van der Waals surface area contributed by atoms with Crippen LogP contribution in [0.15, 0.2) is 30.3 Å². The lowest BCUT2D eigenvalue weighted by atomic mass is 10.1. The van der Waals surface area contributed by atoms with Gasteiger partial charge in [0.15, 0.2) is 0 Å². The minimum Gasteiger partial charge on any atom is -0.331 e. The molecule has 94 valence electrons. The Morgan fingerprint density at radius 1 is 1.29 bits per heavy atom. The van der Waals surface area contributed by atoms with Crippen molar-refractivity contribution in [2.45, 2.75) is 39.3 Å². The van der Waals surface area contributed by atoms with E-state index in [0.29, 0.717) is 6.42 Å². The van der Waals surface area contributed by atoms with E-state index in [1.54, 1.807) is 6.92 Å². The summed E-state index contributed by atoms with van der Waals surface area (Å²) in [5.41, 5.74) is 0.863. The zero-order valence-electron chi connectivity index (χ0n) is 10.1. The molecular weight excluding hydrogens is 224 g/mol. The van der Waals surface area contributed by atoms with Gasteiger partial charge in [0.05, 0.1) is 0 Å². The van der Waals surface area contributed by atoms with E-state index in [0.717, 1.165) is 5.56 Å². The van der Waals surface area contributed by atoms with Crippen molar-refractivity contribution >= 4 is 5.91 Å². The van der Waals surface area contributed by atoms with E-state index in [1.807, 2.05) is 37.3 Å². The lowest BCUT2D eigenvalue weighted by Gasteiger charge is -2.28. The summed E-state index contributed by atoms with van der Waals surface area (Å²) in [4.78, 5) is 12.7. The van der Waals surface area contributed by atoms with Gasteiger partial charge in [0.25, 0.3) is 5.91 Å². The second-order valence-corrected chi connectivity index (χ2v) is 4.01. The van der Waals surface area contributed by atoms with Crippen LogP contribution in [0.1, 0.15) is 25.8 Å². The molecule has 17 heavy (non-hydrogen) atoms. The van der Waals surface area contributed by atoms with Crippen LogP contribution in [0.2, 0.25) is 0 Å². The summed E-state index contributed by atoms with van der Waals surface area (Å²) in [6.07, 6.45) is -2.28. The molecule has 0 spiro atoms. The van der Waals surface area contributed by atoms with Crippen LogP contribution in [0.3, 0.4) is 0 Å². The zero-order chi connectivity index (χ0) is 12.8. The van der Waals surface area contributed by atoms with E-state index in [1.165, 1.54) is 4.90 Å². The third-order valence-corrected chi connectivity index (χ3v) is 2.79. The van der Waals surface area contributed by atoms with Gasteiger partial charge < -0.3 is 4.90 Å². The number of rotatable bonds is 5. The van der Waals surface area contributed by atoms with Crippen molar-refractivity contribution in [3.63, 3.8) is 0 Å². The van der Waals surface area contributed by atoms with Gasteiger partial charge in [-0.2, -0.15) is 8.78 Å². The monoisotopic (exact) mass is 241 g/mol. The van der Waals surface area contributed by atoms with Crippen LogP contribution in [0.4, 0.5) is 8.78 Å². The van der Waals surface area contributed by atoms with Crippen molar-refractivity contribution in [1.29, 1.82) is 0 Å². The minimum atomic E-state index is -2.94.